The van der Waals surface area contributed by atoms with Gasteiger partial charge in [0, 0.05) is 13.7 Å². The van der Waals surface area contributed by atoms with Gasteiger partial charge in [0.25, 0.3) is 0 Å². The van der Waals surface area contributed by atoms with Gasteiger partial charge in [-0.25, -0.2) is 0 Å². The van der Waals surface area contributed by atoms with Gasteiger partial charge in [-0.05, 0) is 56.2 Å². The minimum Gasteiger partial charge on any atom is -0.385 e. The molecule has 0 saturated carbocycles. The first-order valence-electron chi connectivity index (χ1n) is 7.66. The summed E-state index contributed by atoms with van der Waals surface area (Å²) in [4.78, 5) is 0. The molecule has 1 fully saturated rings. The normalized spacial score (nSPS) is 21.2. The first-order valence-corrected chi connectivity index (χ1v) is 7.66. The molecule has 1 aromatic rings. The molecule has 1 N–H and O–H groups in total. The maximum atomic E-state index is 5.16. The van der Waals surface area contributed by atoms with Gasteiger partial charge < -0.3 is 10.1 Å². The second kappa shape index (κ2) is 8.34. The molecule has 2 unspecified atom stereocenters. The summed E-state index contributed by atoms with van der Waals surface area (Å²) in [6.07, 6.45) is 6.44. The van der Waals surface area contributed by atoms with Gasteiger partial charge in [0.05, 0.1) is 0 Å². The number of rotatable bonds is 7. The fraction of sp³-hybridized carbons (Fsp3) is 0.647. The molecule has 0 aliphatic carbocycles. The number of hydrogen-bond acceptors (Lipinski definition) is 2. The van der Waals surface area contributed by atoms with Crippen molar-refractivity contribution >= 4 is 0 Å². The Morgan fingerprint density at radius 3 is 2.79 bits per heavy atom. The maximum absolute atomic E-state index is 5.16. The van der Waals surface area contributed by atoms with Gasteiger partial charge in [-0.3, -0.25) is 0 Å². The Morgan fingerprint density at radius 2 is 2.11 bits per heavy atom. The molecule has 0 radical (unpaired) electrons. The van der Waals surface area contributed by atoms with Gasteiger partial charge >= 0.3 is 0 Å². The number of methoxy groups -OCH3 is 1. The lowest BCUT2D eigenvalue weighted by Gasteiger charge is -2.31. The molecule has 2 rings (SSSR count). The summed E-state index contributed by atoms with van der Waals surface area (Å²) in [7, 11) is 1.79. The van der Waals surface area contributed by atoms with Gasteiger partial charge in [-0.15, -0.1) is 0 Å². The second-order valence-corrected chi connectivity index (χ2v) is 5.61. The summed E-state index contributed by atoms with van der Waals surface area (Å²) < 4.78 is 5.16. The molecule has 2 heteroatoms. The van der Waals surface area contributed by atoms with Crippen LogP contribution in [-0.2, 0) is 4.74 Å². The minimum absolute atomic E-state index is 0.714. The zero-order chi connectivity index (χ0) is 13.3. The molecule has 0 amide bonds. The summed E-state index contributed by atoms with van der Waals surface area (Å²) in [6.45, 7) is 3.27. The molecule has 1 aliphatic heterocycles. The van der Waals surface area contributed by atoms with Crippen LogP contribution in [0.3, 0.4) is 0 Å². The first-order chi connectivity index (χ1) is 9.42. The molecule has 1 aliphatic rings. The van der Waals surface area contributed by atoms with E-state index in [9.17, 15) is 0 Å². The summed E-state index contributed by atoms with van der Waals surface area (Å²) >= 11 is 0. The third-order valence-corrected chi connectivity index (χ3v) is 4.25. The number of benzene rings is 1. The Morgan fingerprint density at radius 1 is 1.26 bits per heavy atom. The monoisotopic (exact) mass is 261 g/mol. The second-order valence-electron chi connectivity index (χ2n) is 5.61. The molecule has 2 nitrogen and oxygen atoms in total. The van der Waals surface area contributed by atoms with Crippen LogP contribution in [0.4, 0.5) is 0 Å². The predicted molar refractivity (Wildman–Crippen MR) is 80.5 cm³/mol. The van der Waals surface area contributed by atoms with Crippen molar-refractivity contribution in [1.82, 2.24) is 5.32 Å². The van der Waals surface area contributed by atoms with E-state index in [0.29, 0.717) is 5.92 Å². The highest BCUT2D eigenvalue weighted by Crippen LogP contribution is 2.33. The lowest BCUT2D eigenvalue weighted by Crippen LogP contribution is -2.33. The zero-order valence-electron chi connectivity index (χ0n) is 12.1. The van der Waals surface area contributed by atoms with Crippen LogP contribution < -0.4 is 5.32 Å². The standard InChI is InChI=1S/C17H27NO/c1-19-13-6-5-11-17(15-8-3-2-4-9-15)16-10-7-12-18-14-16/h2-4,8-9,16-18H,5-7,10-14H2,1H3. The smallest absolute Gasteiger partial charge is 0.0462 e. The fourth-order valence-electron chi connectivity index (χ4n) is 3.21. The van der Waals surface area contributed by atoms with E-state index in [2.05, 4.69) is 35.6 Å². The van der Waals surface area contributed by atoms with Crippen molar-refractivity contribution in [3.8, 4) is 0 Å². The van der Waals surface area contributed by atoms with Crippen LogP contribution >= 0.6 is 0 Å². The molecule has 0 spiro atoms. The Balaban J connectivity index is 1.96. The Hall–Kier alpha value is -0.860. The quantitative estimate of drug-likeness (QED) is 0.757. The maximum Gasteiger partial charge on any atom is 0.0462 e. The van der Waals surface area contributed by atoms with E-state index in [1.54, 1.807) is 7.11 Å². The van der Waals surface area contributed by atoms with Crippen LogP contribution in [0.5, 0.6) is 0 Å². The van der Waals surface area contributed by atoms with Gasteiger partial charge in [0.1, 0.15) is 0 Å². The van der Waals surface area contributed by atoms with Gasteiger partial charge in [0.2, 0.25) is 0 Å². The molecule has 1 heterocycles. The Bertz CT molecular complexity index is 332. The lowest BCUT2D eigenvalue weighted by atomic mass is 9.79. The molecule has 1 saturated heterocycles. The lowest BCUT2D eigenvalue weighted by molar-refractivity contribution is 0.189. The predicted octanol–water partition coefficient (Wildman–Crippen LogP) is 3.59. The Labute approximate surface area is 117 Å². The minimum atomic E-state index is 0.714. The first kappa shape index (κ1) is 14.5. The number of ether oxygens (including phenoxy) is 1. The molecule has 0 aromatic heterocycles. The van der Waals surface area contributed by atoms with Crippen molar-refractivity contribution in [1.29, 1.82) is 0 Å². The van der Waals surface area contributed by atoms with E-state index in [0.717, 1.165) is 12.5 Å². The van der Waals surface area contributed by atoms with Crippen molar-refractivity contribution in [2.24, 2.45) is 5.92 Å². The van der Waals surface area contributed by atoms with Gasteiger partial charge in [0.15, 0.2) is 0 Å². The number of piperidine rings is 1. The average Bonchev–Trinajstić information content (AvgIpc) is 2.49. The zero-order valence-corrected chi connectivity index (χ0v) is 12.1. The number of nitrogens with one attached hydrogen (secondary N) is 1. The summed E-state index contributed by atoms with van der Waals surface area (Å²) in [5.74, 6) is 1.52. The molecule has 106 valence electrons. The van der Waals surface area contributed by atoms with Crippen LogP contribution in [-0.4, -0.2) is 26.8 Å². The fourth-order valence-corrected chi connectivity index (χ4v) is 3.21. The van der Waals surface area contributed by atoms with Crippen LogP contribution in [0.15, 0.2) is 30.3 Å². The van der Waals surface area contributed by atoms with E-state index in [4.69, 9.17) is 4.74 Å². The molecule has 1 aromatic carbocycles. The van der Waals surface area contributed by atoms with E-state index in [1.165, 1.54) is 50.8 Å². The largest absolute Gasteiger partial charge is 0.385 e. The van der Waals surface area contributed by atoms with Gasteiger partial charge in [-0.2, -0.15) is 0 Å². The molecular weight excluding hydrogens is 234 g/mol. The van der Waals surface area contributed by atoms with Gasteiger partial charge in [-0.1, -0.05) is 36.8 Å². The van der Waals surface area contributed by atoms with E-state index < -0.39 is 0 Å². The molecule has 19 heavy (non-hydrogen) atoms. The SMILES string of the molecule is COCCCCC(c1ccccc1)C1CCCNC1. The van der Waals surface area contributed by atoms with E-state index in [1.807, 2.05) is 0 Å². The summed E-state index contributed by atoms with van der Waals surface area (Å²) in [5.41, 5.74) is 1.52. The molecule has 0 bridgehead atoms. The molecular formula is C17H27NO. The van der Waals surface area contributed by atoms with Crippen molar-refractivity contribution in [2.75, 3.05) is 26.8 Å². The van der Waals surface area contributed by atoms with E-state index in [-0.39, 0.29) is 0 Å². The van der Waals surface area contributed by atoms with Crippen molar-refractivity contribution in [2.45, 2.75) is 38.0 Å². The van der Waals surface area contributed by atoms with Crippen LogP contribution in [0.1, 0.15) is 43.6 Å². The van der Waals surface area contributed by atoms with E-state index >= 15 is 0 Å². The number of unbranched alkanes of at least 4 members (excludes halogenated alkanes) is 1. The highest BCUT2D eigenvalue weighted by Gasteiger charge is 2.24. The van der Waals surface area contributed by atoms with Crippen LogP contribution in [0.2, 0.25) is 0 Å². The highest BCUT2D eigenvalue weighted by atomic mass is 16.5. The van der Waals surface area contributed by atoms with Crippen molar-refractivity contribution in [3.05, 3.63) is 35.9 Å². The third-order valence-electron chi connectivity index (χ3n) is 4.25. The average molecular weight is 261 g/mol. The van der Waals surface area contributed by atoms with Crippen LogP contribution in [0, 0.1) is 5.92 Å². The topological polar surface area (TPSA) is 21.3 Å². The van der Waals surface area contributed by atoms with Crippen molar-refractivity contribution in [3.63, 3.8) is 0 Å². The summed E-state index contributed by atoms with van der Waals surface area (Å²) in [6, 6.07) is 11.1. The summed E-state index contributed by atoms with van der Waals surface area (Å²) in [5, 5.41) is 3.56. The van der Waals surface area contributed by atoms with Crippen molar-refractivity contribution < 1.29 is 4.74 Å². The number of hydrogen-bond donors (Lipinski definition) is 1. The van der Waals surface area contributed by atoms with Crippen LogP contribution in [0.25, 0.3) is 0 Å². The highest BCUT2D eigenvalue weighted by molar-refractivity contribution is 5.20. The molecule has 2 atom stereocenters. The Kier molecular flexibility index (Phi) is 6.38. The third kappa shape index (κ3) is 4.63.